The molecule has 1 unspecified atom stereocenters. The van der Waals surface area contributed by atoms with Gasteiger partial charge >= 0.3 is 0 Å². The number of hydrogen-bond acceptors (Lipinski definition) is 3. The van der Waals surface area contributed by atoms with Crippen LogP contribution in [0.1, 0.15) is 25.0 Å². The van der Waals surface area contributed by atoms with Gasteiger partial charge in [-0.1, -0.05) is 26.0 Å². The van der Waals surface area contributed by atoms with E-state index >= 15 is 0 Å². The summed E-state index contributed by atoms with van der Waals surface area (Å²) in [6, 6.07) is 11.5. The van der Waals surface area contributed by atoms with Crippen molar-refractivity contribution in [3.63, 3.8) is 0 Å². The van der Waals surface area contributed by atoms with Crippen LogP contribution in [0.25, 0.3) is 0 Å². The zero-order chi connectivity index (χ0) is 19.4. The number of amides is 2. The summed E-state index contributed by atoms with van der Waals surface area (Å²) >= 11 is 0. The van der Waals surface area contributed by atoms with Gasteiger partial charge in [0.2, 0.25) is 11.8 Å². The maximum atomic E-state index is 12.9. The molecule has 0 saturated heterocycles. The molecule has 5 nitrogen and oxygen atoms in total. The molecule has 0 aromatic heterocycles. The third-order valence-electron chi connectivity index (χ3n) is 4.51. The maximum absolute atomic E-state index is 12.9. The molecule has 0 saturated carbocycles. The van der Waals surface area contributed by atoms with Gasteiger partial charge in [0, 0.05) is 18.2 Å². The highest BCUT2D eigenvalue weighted by atomic mass is 19.1. The fourth-order valence-corrected chi connectivity index (χ4v) is 2.86. The fourth-order valence-electron chi connectivity index (χ4n) is 2.86. The van der Waals surface area contributed by atoms with Crippen LogP contribution in [0.3, 0.4) is 0 Å². The summed E-state index contributed by atoms with van der Waals surface area (Å²) < 4.78 is 18.7. The highest BCUT2D eigenvalue weighted by molar-refractivity contribution is 5.92. The Kier molecular flexibility index (Phi) is 5.74. The summed E-state index contributed by atoms with van der Waals surface area (Å²) in [6.45, 7) is 4.31. The Balaban J connectivity index is 1.61. The minimum absolute atomic E-state index is 0.0553. The van der Waals surface area contributed by atoms with E-state index in [0.29, 0.717) is 25.3 Å². The summed E-state index contributed by atoms with van der Waals surface area (Å²) in [4.78, 5) is 24.3. The molecule has 0 bridgehead atoms. The molecule has 27 heavy (non-hydrogen) atoms. The summed E-state index contributed by atoms with van der Waals surface area (Å²) in [5.41, 5.74) is 2.42. The van der Waals surface area contributed by atoms with Gasteiger partial charge < -0.3 is 15.4 Å². The van der Waals surface area contributed by atoms with Gasteiger partial charge in [0.1, 0.15) is 18.2 Å². The normalized spacial score (nSPS) is 15.6. The lowest BCUT2D eigenvalue weighted by atomic mass is 9.95. The molecule has 1 aliphatic heterocycles. The summed E-state index contributed by atoms with van der Waals surface area (Å²) in [6.07, 6.45) is 0.538. The molecule has 6 heteroatoms. The molecular formula is C21H23FN2O3. The third kappa shape index (κ3) is 4.84. The van der Waals surface area contributed by atoms with Crippen molar-refractivity contribution in [3.8, 4) is 5.75 Å². The molecule has 1 atom stereocenters. The molecule has 0 aliphatic carbocycles. The summed E-state index contributed by atoms with van der Waals surface area (Å²) in [5.74, 6) is -0.152. The van der Waals surface area contributed by atoms with Gasteiger partial charge in [-0.2, -0.15) is 0 Å². The topological polar surface area (TPSA) is 67.4 Å². The smallest absolute Gasteiger partial charge is 0.227 e. The Morgan fingerprint density at radius 3 is 2.63 bits per heavy atom. The van der Waals surface area contributed by atoms with E-state index in [1.165, 1.54) is 12.1 Å². The molecule has 0 radical (unpaired) electrons. The molecule has 2 aromatic rings. The number of ether oxygens (including phenoxy) is 1. The Hall–Kier alpha value is -2.89. The molecule has 2 N–H and O–H groups in total. The van der Waals surface area contributed by atoms with Gasteiger partial charge in [0.15, 0.2) is 0 Å². The van der Waals surface area contributed by atoms with E-state index in [4.69, 9.17) is 4.74 Å². The molecule has 2 amide bonds. The number of carbonyl (C=O) groups is 2. The molecule has 0 fully saturated rings. The van der Waals surface area contributed by atoms with Crippen LogP contribution in [0.2, 0.25) is 0 Å². The lowest BCUT2D eigenvalue weighted by Gasteiger charge is -2.25. The predicted molar refractivity (Wildman–Crippen MR) is 101 cm³/mol. The van der Waals surface area contributed by atoms with E-state index in [1.807, 2.05) is 26.0 Å². The second-order valence-electron chi connectivity index (χ2n) is 7.02. The van der Waals surface area contributed by atoms with Crippen molar-refractivity contribution in [2.24, 2.45) is 11.8 Å². The van der Waals surface area contributed by atoms with Crippen LogP contribution in [0.15, 0.2) is 42.5 Å². The molecule has 142 valence electrons. The first kappa shape index (κ1) is 18.9. The molecule has 1 heterocycles. The first-order valence-electron chi connectivity index (χ1n) is 9.01. The van der Waals surface area contributed by atoms with E-state index in [1.54, 1.807) is 18.2 Å². The Bertz CT molecular complexity index is 834. The van der Waals surface area contributed by atoms with Gasteiger partial charge in [-0.3, -0.25) is 9.59 Å². The number of carbonyl (C=O) groups excluding carboxylic acids is 2. The van der Waals surface area contributed by atoms with Crippen molar-refractivity contribution in [3.05, 3.63) is 59.4 Å². The largest absolute Gasteiger partial charge is 0.492 e. The molecule has 2 aromatic carbocycles. The van der Waals surface area contributed by atoms with Crippen molar-refractivity contribution in [1.82, 2.24) is 5.32 Å². The number of halogens is 1. The summed E-state index contributed by atoms with van der Waals surface area (Å²) in [7, 11) is 0. The SMILES string of the molecule is CC(C)C(=O)Nc1ccc2c(c1)CC(C(=O)NCc1ccc(F)cc1)CO2. The van der Waals surface area contributed by atoms with Gasteiger partial charge in [-0.15, -0.1) is 0 Å². The second-order valence-corrected chi connectivity index (χ2v) is 7.02. The summed E-state index contributed by atoms with van der Waals surface area (Å²) in [5, 5.41) is 5.73. The van der Waals surface area contributed by atoms with Crippen LogP contribution in [-0.4, -0.2) is 18.4 Å². The van der Waals surface area contributed by atoms with Crippen LogP contribution in [0.5, 0.6) is 5.75 Å². The number of rotatable bonds is 5. The average molecular weight is 370 g/mol. The monoisotopic (exact) mass is 370 g/mol. The Labute approximate surface area is 157 Å². The number of anilines is 1. The minimum Gasteiger partial charge on any atom is -0.492 e. The van der Waals surface area contributed by atoms with Crippen LogP contribution < -0.4 is 15.4 Å². The maximum Gasteiger partial charge on any atom is 0.227 e. The quantitative estimate of drug-likeness (QED) is 0.849. The first-order valence-corrected chi connectivity index (χ1v) is 9.01. The lowest BCUT2D eigenvalue weighted by Crippen LogP contribution is -2.37. The van der Waals surface area contributed by atoms with Gasteiger partial charge in [-0.25, -0.2) is 4.39 Å². The van der Waals surface area contributed by atoms with Crippen LogP contribution >= 0.6 is 0 Å². The van der Waals surface area contributed by atoms with E-state index in [2.05, 4.69) is 10.6 Å². The van der Waals surface area contributed by atoms with E-state index in [-0.39, 0.29) is 29.5 Å². The number of hydrogen-bond donors (Lipinski definition) is 2. The average Bonchev–Trinajstić information content (AvgIpc) is 2.66. The highest BCUT2D eigenvalue weighted by Gasteiger charge is 2.26. The molecule has 1 aliphatic rings. The second kappa shape index (κ2) is 8.20. The number of fused-ring (bicyclic) bond motifs is 1. The zero-order valence-corrected chi connectivity index (χ0v) is 15.4. The van der Waals surface area contributed by atoms with Crippen molar-refractivity contribution in [2.45, 2.75) is 26.8 Å². The number of nitrogens with one attached hydrogen (secondary N) is 2. The fraction of sp³-hybridized carbons (Fsp3) is 0.333. The van der Waals surface area contributed by atoms with Crippen molar-refractivity contribution < 1.29 is 18.7 Å². The molecular weight excluding hydrogens is 347 g/mol. The number of benzene rings is 2. The lowest BCUT2D eigenvalue weighted by molar-refractivity contribution is -0.126. The van der Waals surface area contributed by atoms with Crippen LogP contribution in [0, 0.1) is 17.7 Å². The zero-order valence-electron chi connectivity index (χ0n) is 15.4. The third-order valence-corrected chi connectivity index (χ3v) is 4.51. The first-order chi connectivity index (χ1) is 12.9. The van der Waals surface area contributed by atoms with Gasteiger partial charge in [0.05, 0.1) is 5.92 Å². The van der Waals surface area contributed by atoms with Gasteiger partial charge in [-0.05, 0) is 47.9 Å². The molecule has 3 rings (SSSR count). The van der Waals surface area contributed by atoms with Gasteiger partial charge in [0.25, 0.3) is 0 Å². The Morgan fingerprint density at radius 2 is 1.93 bits per heavy atom. The standard InChI is InChI=1S/C21H23FN2O3/c1-13(2)20(25)24-18-7-8-19-15(10-18)9-16(12-27-19)21(26)23-11-14-3-5-17(22)6-4-14/h3-8,10,13,16H,9,11-12H2,1-2H3,(H,23,26)(H,24,25). The van der Waals surface area contributed by atoms with Crippen LogP contribution in [-0.2, 0) is 22.6 Å². The van der Waals surface area contributed by atoms with Crippen molar-refractivity contribution in [2.75, 3.05) is 11.9 Å². The predicted octanol–water partition coefficient (Wildman–Crippen LogP) is 3.29. The van der Waals surface area contributed by atoms with E-state index in [9.17, 15) is 14.0 Å². The van der Waals surface area contributed by atoms with Crippen molar-refractivity contribution in [1.29, 1.82) is 0 Å². The highest BCUT2D eigenvalue weighted by Crippen LogP contribution is 2.30. The minimum atomic E-state index is -0.311. The van der Waals surface area contributed by atoms with Crippen molar-refractivity contribution >= 4 is 17.5 Å². The van der Waals surface area contributed by atoms with E-state index < -0.39 is 0 Å². The van der Waals surface area contributed by atoms with Crippen LogP contribution in [0.4, 0.5) is 10.1 Å². The Morgan fingerprint density at radius 1 is 1.19 bits per heavy atom. The van der Waals surface area contributed by atoms with E-state index in [0.717, 1.165) is 16.9 Å². The molecule has 0 spiro atoms.